The summed E-state index contributed by atoms with van der Waals surface area (Å²) in [4.78, 5) is 22.2. The minimum Gasteiger partial charge on any atom is -0.349 e. The molecule has 0 bridgehead atoms. The highest BCUT2D eigenvalue weighted by atomic mass is 16.6. The van der Waals surface area contributed by atoms with Crippen LogP contribution < -0.4 is 5.32 Å². The first-order valence-corrected chi connectivity index (χ1v) is 6.43. The third-order valence-corrected chi connectivity index (χ3v) is 3.62. The Morgan fingerprint density at radius 2 is 2.21 bits per heavy atom. The maximum atomic E-state index is 12.1. The van der Waals surface area contributed by atoms with Crippen molar-refractivity contribution in [1.82, 2.24) is 5.32 Å². The summed E-state index contributed by atoms with van der Waals surface area (Å²) in [7, 11) is 0. The van der Waals surface area contributed by atoms with Gasteiger partial charge < -0.3 is 5.32 Å². The number of carbonyl (C=O) groups excluding carboxylic acids is 1. The predicted octanol–water partition coefficient (Wildman–Crippen LogP) is 2.90. The molecule has 5 nitrogen and oxygen atoms in total. The summed E-state index contributed by atoms with van der Waals surface area (Å²) in [6.45, 7) is 4.37. The highest BCUT2D eigenvalue weighted by molar-refractivity contribution is 5.95. The van der Waals surface area contributed by atoms with Gasteiger partial charge in [-0.1, -0.05) is 19.9 Å². The van der Waals surface area contributed by atoms with Crippen LogP contribution in [-0.4, -0.2) is 16.9 Å². The lowest BCUT2D eigenvalue weighted by Gasteiger charge is -2.17. The van der Waals surface area contributed by atoms with Crippen molar-refractivity contribution < 1.29 is 9.72 Å². The molecule has 2 rings (SSSR count). The quantitative estimate of drug-likeness (QED) is 0.672. The predicted molar refractivity (Wildman–Crippen MR) is 72.0 cm³/mol. The lowest BCUT2D eigenvalue weighted by Crippen LogP contribution is -2.33. The molecule has 1 aliphatic rings. The second kappa shape index (κ2) is 4.99. The van der Waals surface area contributed by atoms with E-state index in [1.54, 1.807) is 6.07 Å². The van der Waals surface area contributed by atoms with Gasteiger partial charge in [-0.3, -0.25) is 14.9 Å². The molecule has 1 aliphatic carbocycles. The number of amides is 1. The van der Waals surface area contributed by atoms with Crippen molar-refractivity contribution in [3.8, 4) is 0 Å². The Labute approximate surface area is 112 Å². The fourth-order valence-corrected chi connectivity index (χ4v) is 2.59. The van der Waals surface area contributed by atoms with Crippen molar-refractivity contribution in [2.24, 2.45) is 5.41 Å². The average Bonchev–Trinajstić information content (AvgIpc) is 2.68. The second-order valence-electron chi connectivity index (χ2n) is 5.88. The van der Waals surface area contributed by atoms with Crippen LogP contribution in [0.3, 0.4) is 0 Å². The molecule has 102 valence electrons. The van der Waals surface area contributed by atoms with Crippen LogP contribution in [-0.2, 0) is 0 Å². The monoisotopic (exact) mass is 262 g/mol. The van der Waals surface area contributed by atoms with Crippen molar-refractivity contribution >= 4 is 11.6 Å². The van der Waals surface area contributed by atoms with Crippen molar-refractivity contribution in [2.75, 3.05) is 0 Å². The van der Waals surface area contributed by atoms with Gasteiger partial charge in [0, 0.05) is 23.7 Å². The minimum absolute atomic E-state index is 0.0561. The lowest BCUT2D eigenvalue weighted by molar-refractivity contribution is -0.384. The summed E-state index contributed by atoms with van der Waals surface area (Å²) in [6, 6.07) is 6.00. The largest absolute Gasteiger partial charge is 0.349 e. The zero-order valence-electron chi connectivity index (χ0n) is 11.2. The fraction of sp³-hybridized carbons (Fsp3) is 0.500. The summed E-state index contributed by atoms with van der Waals surface area (Å²) >= 11 is 0. The number of nitro groups is 1. The van der Waals surface area contributed by atoms with Gasteiger partial charge in [0.1, 0.15) is 0 Å². The molecule has 0 radical (unpaired) electrons. The average molecular weight is 262 g/mol. The van der Waals surface area contributed by atoms with Gasteiger partial charge >= 0.3 is 0 Å². The molecule has 1 aromatic rings. The molecule has 1 aromatic carbocycles. The number of nitrogens with zero attached hydrogens (tertiary/aromatic N) is 1. The van der Waals surface area contributed by atoms with Gasteiger partial charge in [-0.25, -0.2) is 0 Å². The molecule has 1 N–H and O–H groups in total. The Bertz CT molecular complexity index is 511. The van der Waals surface area contributed by atoms with Gasteiger partial charge in [-0.2, -0.15) is 0 Å². The topological polar surface area (TPSA) is 72.2 Å². The molecule has 0 saturated heterocycles. The van der Waals surface area contributed by atoms with E-state index in [1.807, 2.05) is 0 Å². The second-order valence-corrected chi connectivity index (χ2v) is 5.88. The molecule has 5 heteroatoms. The Hall–Kier alpha value is -1.91. The summed E-state index contributed by atoms with van der Waals surface area (Å²) in [5.41, 5.74) is 0.555. The van der Waals surface area contributed by atoms with E-state index in [0.717, 1.165) is 19.3 Å². The molecule has 1 atom stereocenters. The molecule has 0 spiro atoms. The molecule has 1 unspecified atom stereocenters. The molecule has 0 aliphatic heterocycles. The van der Waals surface area contributed by atoms with Crippen LogP contribution in [0.25, 0.3) is 0 Å². The SMILES string of the molecule is CC1(C)CCC(NC(=O)c2cccc([N+](=O)[O-])c2)C1. The van der Waals surface area contributed by atoms with E-state index >= 15 is 0 Å². The van der Waals surface area contributed by atoms with Crippen LogP contribution in [0.4, 0.5) is 5.69 Å². The number of benzene rings is 1. The van der Waals surface area contributed by atoms with Crippen LogP contribution in [0.15, 0.2) is 24.3 Å². The van der Waals surface area contributed by atoms with Crippen molar-refractivity contribution in [1.29, 1.82) is 0 Å². The minimum atomic E-state index is -0.491. The molecular weight excluding hydrogens is 244 g/mol. The van der Waals surface area contributed by atoms with Gasteiger partial charge in [-0.15, -0.1) is 0 Å². The zero-order valence-corrected chi connectivity index (χ0v) is 11.2. The smallest absolute Gasteiger partial charge is 0.270 e. The molecule has 1 fully saturated rings. The molecule has 0 heterocycles. The Morgan fingerprint density at radius 1 is 1.47 bits per heavy atom. The number of hydrogen-bond donors (Lipinski definition) is 1. The van der Waals surface area contributed by atoms with E-state index in [0.29, 0.717) is 5.56 Å². The first-order valence-electron chi connectivity index (χ1n) is 6.43. The first kappa shape index (κ1) is 13.5. The number of rotatable bonds is 3. The number of hydrogen-bond acceptors (Lipinski definition) is 3. The maximum Gasteiger partial charge on any atom is 0.270 e. The number of nitrogens with one attached hydrogen (secondary N) is 1. The van der Waals surface area contributed by atoms with Crippen molar-refractivity contribution in [2.45, 2.75) is 39.2 Å². The highest BCUT2D eigenvalue weighted by Gasteiger charge is 2.31. The van der Waals surface area contributed by atoms with E-state index in [9.17, 15) is 14.9 Å². The van der Waals surface area contributed by atoms with E-state index in [2.05, 4.69) is 19.2 Å². The van der Waals surface area contributed by atoms with E-state index in [4.69, 9.17) is 0 Å². The van der Waals surface area contributed by atoms with Crippen LogP contribution in [0, 0.1) is 15.5 Å². The summed E-state index contributed by atoms with van der Waals surface area (Å²) < 4.78 is 0. The van der Waals surface area contributed by atoms with Gasteiger partial charge in [0.2, 0.25) is 0 Å². The normalized spacial score (nSPS) is 21.1. The summed E-state index contributed by atoms with van der Waals surface area (Å²) in [6.07, 6.45) is 3.01. The van der Waals surface area contributed by atoms with E-state index in [-0.39, 0.29) is 23.1 Å². The van der Waals surface area contributed by atoms with Crippen LogP contribution in [0.1, 0.15) is 43.5 Å². The number of carbonyl (C=O) groups is 1. The van der Waals surface area contributed by atoms with Crippen molar-refractivity contribution in [3.63, 3.8) is 0 Å². The van der Waals surface area contributed by atoms with Crippen LogP contribution in [0.5, 0.6) is 0 Å². The zero-order chi connectivity index (χ0) is 14.0. The van der Waals surface area contributed by atoms with Crippen molar-refractivity contribution in [3.05, 3.63) is 39.9 Å². The fourth-order valence-electron chi connectivity index (χ4n) is 2.59. The van der Waals surface area contributed by atoms with Gasteiger partial charge in [-0.05, 0) is 30.7 Å². The third-order valence-electron chi connectivity index (χ3n) is 3.62. The third kappa shape index (κ3) is 3.30. The number of nitro benzene ring substituents is 1. The highest BCUT2D eigenvalue weighted by Crippen LogP contribution is 2.36. The van der Waals surface area contributed by atoms with Crippen LogP contribution >= 0.6 is 0 Å². The Balaban J connectivity index is 2.04. The Kier molecular flexibility index (Phi) is 3.55. The molecule has 0 aromatic heterocycles. The van der Waals surface area contributed by atoms with Gasteiger partial charge in [0.25, 0.3) is 11.6 Å². The Morgan fingerprint density at radius 3 is 2.79 bits per heavy atom. The standard InChI is InChI=1S/C14H18N2O3/c1-14(2)7-6-11(9-14)15-13(17)10-4-3-5-12(8-10)16(18)19/h3-5,8,11H,6-7,9H2,1-2H3,(H,15,17). The lowest BCUT2D eigenvalue weighted by atomic mass is 9.92. The summed E-state index contributed by atoms with van der Waals surface area (Å²) in [5.74, 6) is -0.230. The van der Waals surface area contributed by atoms with Gasteiger partial charge in [0.15, 0.2) is 0 Å². The molecule has 1 amide bonds. The van der Waals surface area contributed by atoms with E-state index in [1.165, 1.54) is 18.2 Å². The summed E-state index contributed by atoms with van der Waals surface area (Å²) in [5, 5.41) is 13.6. The maximum absolute atomic E-state index is 12.1. The van der Waals surface area contributed by atoms with Crippen LogP contribution in [0.2, 0.25) is 0 Å². The van der Waals surface area contributed by atoms with Gasteiger partial charge in [0.05, 0.1) is 4.92 Å². The molecule has 1 saturated carbocycles. The number of non-ortho nitro benzene ring substituents is 1. The first-order chi connectivity index (χ1) is 8.87. The molecule has 19 heavy (non-hydrogen) atoms. The molecular formula is C14H18N2O3. The van der Waals surface area contributed by atoms with E-state index < -0.39 is 4.92 Å².